The minimum Gasteiger partial charge on any atom is -0.494 e. The number of benzene rings is 1. The molecule has 1 aliphatic heterocycles. The fourth-order valence-corrected chi connectivity index (χ4v) is 4.40. The van der Waals surface area contributed by atoms with Crippen LogP contribution in [0.15, 0.2) is 30.4 Å². The zero-order valence-electron chi connectivity index (χ0n) is 18.6. The van der Waals surface area contributed by atoms with Gasteiger partial charge in [0.25, 0.3) is 0 Å². The van der Waals surface area contributed by atoms with Gasteiger partial charge >= 0.3 is 0 Å². The quantitative estimate of drug-likeness (QED) is 0.641. The molecule has 2 N–H and O–H groups in total. The summed E-state index contributed by atoms with van der Waals surface area (Å²) in [4.78, 5) is 16.9. The van der Waals surface area contributed by atoms with Crippen LogP contribution in [0, 0.1) is 5.82 Å². The van der Waals surface area contributed by atoms with Crippen LogP contribution in [0.4, 0.5) is 10.1 Å². The summed E-state index contributed by atoms with van der Waals surface area (Å²) < 4.78 is 20.8. The number of Topliss-reactive ketones (excluding diaryl/α,β-unsaturated/α-hetero) is 1. The molecule has 1 aromatic heterocycles. The molecule has 2 heterocycles. The minimum atomic E-state index is -0.331. The number of aromatic hydroxyl groups is 2. The summed E-state index contributed by atoms with van der Waals surface area (Å²) in [5.41, 5.74) is 2.25. The first-order valence-corrected chi connectivity index (χ1v) is 11.1. The summed E-state index contributed by atoms with van der Waals surface area (Å²) in [6.07, 6.45) is 4.96. The van der Waals surface area contributed by atoms with Crippen molar-refractivity contribution in [3.05, 3.63) is 47.3 Å². The van der Waals surface area contributed by atoms with Crippen LogP contribution >= 0.6 is 0 Å². The molecule has 0 atom stereocenters. The number of hydrogen-bond acceptors (Lipinski definition) is 6. The number of allylic oxidation sites excluding steroid dienone is 2. The van der Waals surface area contributed by atoms with Crippen LogP contribution < -0.4 is 9.64 Å². The highest BCUT2D eigenvalue weighted by Crippen LogP contribution is 2.36. The van der Waals surface area contributed by atoms with Gasteiger partial charge in [-0.05, 0) is 38.8 Å². The van der Waals surface area contributed by atoms with Crippen molar-refractivity contribution in [2.75, 3.05) is 37.6 Å². The van der Waals surface area contributed by atoms with Crippen LogP contribution in [0.3, 0.4) is 0 Å². The maximum Gasteiger partial charge on any atom is 0.198 e. The lowest BCUT2D eigenvalue weighted by atomic mass is 10.0. The fourth-order valence-electron chi connectivity index (χ4n) is 4.40. The van der Waals surface area contributed by atoms with E-state index in [2.05, 4.69) is 9.80 Å². The van der Waals surface area contributed by atoms with Gasteiger partial charge in [0.1, 0.15) is 11.6 Å². The van der Waals surface area contributed by atoms with Gasteiger partial charge in [0, 0.05) is 43.4 Å². The fraction of sp³-hybridized carbons (Fsp3) is 0.458. The van der Waals surface area contributed by atoms with Gasteiger partial charge in [0.2, 0.25) is 0 Å². The number of halogens is 1. The van der Waals surface area contributed by atoms with Crippen molar-refractivity contribution in [2.24, 2.45) is 0 Å². The molecule has 1 saturated heterocycles. The minimum absolute atomic E-state index is 0.0194. The van der Waals surface area contributed by atoms with Crippen molar-refractivity contribution in [2.45, 2.75) is 39.3 Å². The molecule has 0 bridgehead atoms. The molecule has 2 aromatic rings. The van der Waals surface area contributed by atoms with Crippen LogP contribution in [0.5, 0.6) is 17.5 Å². The standard InChI is InChI=1S/C24H30FN3O4/c1-16(2)32-22-13-17(25)7-8-21(22)27-11-9-26(10-12-27)14-18(29)15-28-23(30)19-5-3-4-6-20(19)24(28)31/h3-4,7-8,13,16,30-31H,5-6,9-12,14-15H2,1-2H3. The smallest absolute Gasteiger partial charge is 0.198 e. The Morgan fingerprint density at radius 2 is 1.66 bits per heavy atom. The van der Waals surface area contributed by atoms with Crippen molar-refractivity contribution in [1.82, 2.24) is 9.47 Å². The van der Waals surface area contributed by atoms with Gasteiger partial charge in [-0.3, -0.25) is 14.3 Å². The van der Waals surface area contributed by atoms with E-state index in [1.165, 1.54) is 16.7 Å². The van der Waals surface area contributed by atoms with Gasteiger partial charge in [-0.1, -0.05) is 12.2 Å². The summed E-state index contributed by atoms with van der Waals surface area (Å²) in [6, 6.07) is 4.59. The lowest BCUT2D eigenvalue weighted by Gasteiger charge is -2.36. The molecule has 0 amide bonds. The van der Waals surface area contributed by atoms with Gasteiger partial charge in [0.05, 0.1) is 24.9 Å². The third kappa shape index (κ3) is 4.60. The molecular formula is C24H30FN3O4. The van der Waals surface area contributed by atoms with Gasteiger partial charge in [-0.2, -0.15) is 0 Å². The summed E-state index contributed by atoms with van der Waals surface area (Å²) >= 11 is 0. The summed E-state index contributed by atoms with van der Waals surface area (Å²) in [6.45, 7) is 6.72. The van der Waals surface area contributed by atoms with Gasteiger partial charge < -0.3 is 19.8 Å². The van der Waals surface area contributed by atoms with Gasteiger partial charge in [-0.25, -0.2) is 4.39 Å². The predicted molar refractivity (Wildman–Crippen MR) is 120 cm³/mol. The van der Waals surface area contributed by atoms with Gasteiger partial charge in [-0.15, -0.1) is 0 Å². The molecule has 172 valence electrons. The molecule has 0 saturated carbocycles. The lowest BCUT2D eigenvalue weighted by molar-refractivity contribution is -0.121. The first-order chi connectivity index (χ1) is 15.3. The average molecular weight is 444 g/mol. The molecule has 1 fully saturated rings. The SMILES string of the molecule is CC(C)Oc1cc(F)ccc1N1CCN(CC(=O)Cn2c(O)c3c(c2O)CC=CC3)CC1. The maximum atomic E-state index is 13.7. The number of nitrogens with zero attached hydrogens (tertiary/aromatic N) is 3. The van der Waals surface area contributed by atoms with E-state index in [-0.39, 0.29) is 42.6 Å². The van der Waals surface area contributed by atoms with Gasteiger partial charge in [0.15, 0.2) is 17.5 Å². The summed E-state index contributed by atoms with van der Waals surface area (Å²) in [7, 11) is 0. The van der Waals surface area contributed by atoms with Crippen LogP contribution in [0.1, 0.15) is 25.0 Å². The largest absolute Gasteiger partial charge is 0.494 e. The number of carbonyl (C=O) groups excluding carboxylic acids is 1. The Morgan fingerprint density at radius 1 is 1.03 bits per heavy atom. The molecule has 32 heavy (non-hydrogen) atoms. The average Bonchev–Trinajstić information content (AvgIpc) is 2.99. The van der Waals surface area contributed by atoms with E-state index in [1.54, 1.807) is 6.07 Å². The van der Waals surface area contributed by atoms with Crippen molar-refractivity contribution in [1.29, 1.82) is 0 Å². The number of fused-ring (bicyclic) bond motifs is 1. The van der Waals surface area contributed by atoms with Crippen molar-refractivity contribution in [3.8, 4) is 17.5 Å². The number of ketones is 1. The van der Waals surface area contributed by atoms with Crippen LogP contribution in [0.2, 0.25) is 0 Å². The number of piperazine rings is 1. The Morgan fingerprint density at radius 3 is 2.25 bits per heavy atom. The third-order valence-electron chi connectivity index (χ3n) is 5.96. The van der Waals surface area contributed by atoms with E-state index in [0.29, 0.717) is 55.9 Å². The van der Waals surface area contributed by atoms with Crippen molar-refractivity contribution < 1.29 is 24.1 Å². The first-order valence-electron chi connectivity index (χ1n) is 11.1. The summed E-state index contributed by atoms with van der Waals surface area (Å²) in [5, 5.41) is 20.9. The second-order valence-electron chi connectivity index (χ2n) is 8.65. The highest BCUT2D eigenvalue weighted by molar-refractivity contribution is 5.81. The monoisotopic (exact) mass is 443 g/mol. The first kappa shape index (κ1) is 22.2. The van der Waals surface area contributed by atoms with E-state index in [0.717, 1.165) is 5.69 Å². The number of hydrogen-bond donors (Lipinski definition) is 2. The van der Waals surface area contributed by atoms with E-state index < -0.39 is 0 Å². The highest BCUT2D eigenvalue weighted by atomic mass is 19.1. The second kappa shape index (κ2) is 9.24. The van der Waals surface area contributed by atoms with E-state index in [1.807, 2.05) is 26.0 Å². The molecule has 1 aromatic carbocycles. The second-order valence-corrected chi connectivity index (χ2v) is 8.65. The normalized spacial score (nSPS) is 16.4. The molecule has 1 aliphatic carbocycles. The van der Waals surface area contributed by atoms with Crippen LogP contribution in [-0.4, -0.2) is 64.3 Å². The Labute approximate surface area is 187 Å². The molecule has 0 radical (unpaired) electrons. The Kier molecular flexibility index (Phi) is 6.41. The van der Waals surface area contributed by atoms with Crippen LogP contribution in [-0.2, 0) is 24.2 Å². The van der Waals surface area contributed by atoms with Crippen LogP contribution in [0.25, 0.3) is 0 Å². The molecule has 8 heteroatoms. The van der Waals surface area contributed by atoms with Crippen molar-refractivity contribution in [3.63, 3.8) is 0 Å². The highest BCUT2D eigenvalue weighted by Gasteiger charge is 2.26. The molecular weight excluding hydrogens is 413 g/mol. The van der Waals surface area contributed by atoms with E-state index in [9.17, 15) is 19.4 Å². The Balaban J connectivity index is 1.35. The zero-order chi connectivity index (χ0) is 22.8. The molecule has 7 nitrogen and oxygen atoms in total. The van der Waals surface area contributed by atoms with E-state index in [4.69, 9.17) is 4.74 Å². The number of rotatable bonds is 7. The Hall–Kier alpha value is -3.00. The third-order valence-corrected chi connectivity index (χ3v) is 5.96. The number of ether oxygens (including phenoxy) is 1. The molecule has 0 spiro atoms. The molecule has 2 aliphatic rings. The summed E-state index contributed by atoms with van der Waals surface area (Å²) in [5.74, 6) is 0.0853. The number of anilines is 1. The molecule has 0 unspecified atom stereocenters. The molecule has 4 rings (SSSR count). The van der Waals surface area contributed by atoms with E-state index >= 15 is 0 Å². The van der Waals surface area contributed by atoms with Crippen molar-refractivity contribution >= 4 is 11.5 Å². The topological polar surface area (TPSA) is 78.2 Å². The Bertz CT molecular complexity index is 991. The number of carbonyl (C=O) groups is 1. The number of aromatic nitrogens is 1. The zero-order valence-corrected chi connectivity index (χ0v) is 18.6. The lowest BCUT2D eigenvalue weighted by Crippen LogP contribution is -2.48. The predicted octanol–water partition coefficient (Wildman–Crippen LogP) is 2.87. The maximum absolute atomic E-state index is 13.7.